The van der Waals surface area contributed by atoms with Crippen molar-refractivity contribution in [3.05, 3.63) is 35.7 Å². The van der Waals surface area contributed by atoms with Crippen molar-refractivity contribution in [1.82, 2.24) is 14.6 Å². The van der Waals surface area contributed by atoms with Gasteiger partial charge >= 0.3 is 5.97 Å². The van der Waals surface area contributed by atoms with Gasteiger partial charge in [0.05, 0.1) is 16.9 Å². The topological polar surface area (TPSA) is 76.3 Å². The Morgan fingerprint density at radius 3 is 2.85 bits per heavy atom. The minimum Gasteiger partial charge on any atom is -0.442 e. The second-order valence-corrected chi connectivity index (χ2v) is 6.83. The minimum absolute atomic E-state index is 0.0358. The van der Waals surface area contributed by atoms with Crippen LogP contribution in [0.5, 0.6) is 0 Å². The second-order valence-electron chi connectivity index (χ2n) is 6.83. The Morgan fingerprint density at radius 1 is 1.38 bits per heavy atom. The number of carbonyl (C=O) groups is 2. The van der Waals surface area contributed by atoms with Crippen LogP contribution in [0.3, 0.4) is 0 Å². The standard InChI is InChI=1S/C19H24N4O3/c1-5-16(25)26-11-23-15(24)10-13(4)19(21-23)17-14-8-6-7-9-22(14)20-18(17)12(2)3/h6-9,12-13H,5,10-11H2,1-4H3/t13-/m0/s1. The highest BCUT2D eigenvalue weighted by Gasteiger charge is 2.31. The molecule has 0 aliphatic carbocycles. The van der Waals surface area contributed by atoms with Crippen LogP contribution < -0.4 is 0 Å². The molecule has 0 saturated heterocycles. The molecule has 3 rings (SSSR count). The summed E-state index contributed by atoms with van der Waals surface area (Å²) in [4.78, 5) is 23.7. The van der Waals surface area contributed by atoms with Gasteiger partial charge in [-0.05, 0) is 18.1 Å². The number of ether oxygens (including phenoxy) is 1. The molecule has 26 heavy (non-hydrogen) atoms. The molecule has 1 amide bonds. The summed E-state index contributed by atoms with van der Waals surface area (Å²) < 4.78 is 6.95. The number of hydrogen-bond donors (Lipinski definition) is 0. The van der Waals surface area contributed by atoms with E-state index < -0.39 is 0 Å². The van der Waals surface area contributed by atoms with E-state index in [0.29, 0.717) is 6.42 Å². The molecule has 3 heterocycles. The smallest absolute Gasteiger partial charge is 0.307 e. The zero-order valence-corrected chi connectivity index (χ0v) is 15.6. The van der Waals surface area contributed by atoms with E-state index in [2.05, 4.69) is 18.9 Å². The normalized spacial score (nSPS) is 17.7. The van der Waals surface area contributed by atoms with Gasteiger partial charge in [-0.2, -0.15) is 15.2 Å². The van der Waals surface area contributed by atoms with Crippen molar-refractivity contribution in [3.63, 3.8) is 0 Å². The fourth-order valence-electron chi connectivity index (χ4n) is 3.06. The predicted molar refractivity (Wildman–Crippen MR) is 97.7 cm³/mol. The summed E-state index contributed by atoms with van der Waals surface area (Å²) in [7, 11) is 0. The Bertz CT molecular complexity index is 869. The Kier molecular flexibility index (Phi) is 5.06. The van der Waals surface area contributed by atoms with Crippen LogP contribution in [0.25, 0.3) is 5.52 Å². The van der Waals surface area contributed by atoms with E-state index in [4.69, 9.17) is 9.84 Å². The Balaban J connectivity index is 2.06. The number of rotatable bonds is 5. The number of nitrogens with zero attached hydrogens (tertiary/aromatic N) is 4. The second kappa shape index (κ2) is 7.27. The van der Waals surface area contributed by atoms with E-state index in [1.165, 1.54) is 5.01 Å². The number of hydrogen-bond acceptors (Lipinski definition) is 5. The maximum absolute atomic E-state index is 12.3. The van der Waals surface area contributed by atoms with E-state index in [1.807, 2.05) is 35.8 Å². The van der Waals surface area contributed by atoms with Gasteiger partial charge in [0, 0.05) is 30.5 Å². The van der Waals surface area contributed by atoms with Gasteiger partial charge in [-0.25, -0.2) is 4.52 Å². The van der Waals surface area contributed by atoms with Crippen molar-refractivity contribution >= 4 is 23.1 Å². The average Bonchev–Trinajstić information content (AvgIpc) is 3.00. The Morgan fingerprint density at radius 2 is 2.15 bits per heavy atom. The zero-order chi connectivity index (χ0) is 18.8. The third kappa shape index (κ3) is 3.34. The third-order valence-electron chi connectivity index (χ3n) is 4.47. The van der Waals surface area contributed by atoms with Gasteiger partial charge in [-0.15, -0.1) is 0 Å². The predicted octanol–water partition coefficient (Wildman–Crippen LogP) is 2.94. The number of carbonyl (C=O) groups excluding carboxylic acids is 2. The first-order valence-corrected chi connectivity index (χ1v) is 8.94. The molecule has 7 nitrogen and oxygen atoms in total. The van der Waals surface area contributed by atoms with E-state index in [0.717, 1.165) is 22.5 Å². The van der Waals surface area contributed by atoms with Gasteiger partial charge in [-0.3, -0.25) is 9.59 Å². The number of aromatic nitrogens is 2. The summed E-state index contributed by atoms with van der Waals surface area (Å²) in [6, 6.07) is 5.89. The quantitative estimate of drug-likeness (QED) is 0.772. The number of amides is 1. The van der Waals surface area contributed by atoms with Gasteiger partial charge in [0.1, 0.15) is 0 Å². The van der Waals surface area contributed by atoms with Gasteiger partial charge in [0.2, 0.25) is 5.91 Å². The lowest BCUT2D eigenvalue weighted by atomic mass is 9.90. The lowest BCUT2D eigenvalue weighted by Crippen LogP contribution is -2.38. The van der Waals surface area contributed by atoms with Crippen LogP contribution in [0, 0.1) is 5.92 Å². The molecule has 0 N–H and O–H groups in total. The maximum atomic E-state index is 12.3. The Labute approximate surface area is 152 Å². The summed E-state index contributed by atoms with van der Waals surface area (Å²) in [6.07, 6.45) is 2.50. The molecule has 2 aromatic rings. The van der Waals surface area contributed by atoms with Crippen LogP contribution in [0.4, 0.5) is 0 Å². The van der Waals surface area contributed by atoms with Crippen LogP contribution in [-0.2, 0) is 14.3 Å². The minimum atomic E-state index is -0.355. The van der Waals surface area contributed by atoms with Crippen LogP contribution in [0.2, 0.25) is 0 Å². The first kappa shape index (κ1) is 18.1. The largest absolute Gasteiger partial charge is 0.442 e. The summed E-state index contributed by atoms with van der Waals surface area (Å²) >= 11 is 0. The van der Waals surface area contributed by atoms with Crippen molar-refractivity contribution in [1.29, 1.82) is 0 Å². The van der Waals surface area contributed by atoms with E-state index >= 15 is 0 Å². The van der Waals surface area contributed by atoms with Gasteiger partial charge in [0.15, 0.2) is 6.73 Å². The zero-order valence-electron chi connectivity index (χ0n) is 15.6. The fraction of sp³-hybridized carbons (Fsp3) is 0.474. The molecular formula is C19H24N4O3. The van der Waals surface area contributed by atoms with Crippen molar-refractivity contribution in [2.45, 2.75) is 46.5 Å². The van der Waals surface area contributed by atoms with E-state index in [-0.39, 0.29) is 36.9 Å². The molecule has 1 atom stereocenters. The van der Waals surface area contributed by atoms with Crippen LogP contribution in [0.1, 0.15) is 57.7 Å². The number of hydrazone groups is 1. The summed E-state index contributed by atoms with van der Waals surface area (Å²) in [5, 5.41) is 10.5. The first-order chi connectivity index (χ1) is 12.4. The molecule has 1 aliphatic rings. The highest BCUT2D eigenvalue weighted by molar-refractivity contribution is 6.11. The number of fused-ring (bicyclic) bond motifs is 1. The molecule has 0 spiro atoms. The monoisotopic (exact) mass is 356 g/mol. The van der Waals surface area contributed by atoms with Gasteiger partial charge < -0.3 is 4.74 Å². The molecular weight excluding hydrogens is 332 g/mol. The summed E-state index contributed by atoms with van der Waals surface area (Å²) in [5.74, 6) is -0.324. The van der Waals surface area contributed by atoms with Crippen molar-refractivity contribution < 1.29 is 14.3 Å². The molecule has 0 unspecified atom stereocenters. The molecule has 0 aromatic carbocycles. The lowest BCUT2D eigenvalue weighted by Gasteiger charge is -2.27. The lowest BCUT2D eigenvalue weighted by molar-refractivity contribution is -0.153. The van der Waals surface area contributed by atoms with Crippen molar-refractivity contribution in [2.75, 3.05) is 6.73 Å². The molecule has 2 aromatic heterocycles. The molecule has 0 saturated carbocycles. The highest BCUT2D eigenvalue weighted by atomic mass is 16.5. The first-order valence-electron chi connectivity index (χ1n) is 8.94. The average molecular weight is 356 g/mol. The number of pyridine rings is 1. The maximum Gasteiger partial charge on any atom is 0.307 e. The van der Waals surface area contributed by atoms with Gasteiger partial charge in [0.25, 0.3) is 0 Å². The van der Waals surface area contributed by atoms with Crippen molar-refractivity contribution in [2.24, 2.45) is 11.0 Å². The van der Waals surface area contributed by atoms with Gasteiger partial charge in [-0.1, -0.05) is 33.8 Å². The highest BCUT2D eigenvalue weighted by Crippen LogP contribution is 2.29. The summed E-state index contributed by atoms with van der Waals surface area (Å²) in [6.45, 7) is 7.72. The SMILES string of the molecule is CCC(=O)OCN1N=C(c2c(C(C)C)nn3ccccc23)[C@@H](C)CC1=O. The molecule has 138 valence electrons. The van der Waals surface area contributed by atoms with E-state index in [9.17, 15) is 9.59 Å². The number of esters is 1. The molecule has 0 radical (unpaired) electrons. The third-order valence-corrected chi connectivity index (χ3v) is 4.47. The molecule has 7 heteroatoms. The molecule has 0 bridgehead atoms. The van der Waals surface area contributed by atoms with E-state index in [1.54, 1.807) is 6.92 Å². The summed E-state index contributed by atoms with van der Waals surface area (Å²) in [5.41, 5.74) is 3.68. The molecule has 0 fully saturated rings. The van der Waals surface area contributed by atoms with Crippen molar-refractivity contribution in [3.8, 4) is 0 Å². The molecule has 1 aliphatic heterocycles. The van der Waals surface area contributed by atoms with Crippen LogP contribution in [-0.4, -0.2) is 38.9 Å². The Hall–Kier alpha value is -2.70. The van der Waals surface area contributed by atoms with Crippen LogP contribution >= 0.6 is 0 Å². The fourth-order valence-corrected chi connectivity index (χ4v) is 3.06. The van der Waals surface area contributed by atoms with Crippen LogP contribution in [0.15, 0.2) is 29.5 Å².